The highest BCUT2D eigenvalue weighted by molar-refractivity contribution is 5.43. The Morgan fingerprint density at radius 3 is 1.41 bits per heavy atom. The molecule has 5 heteroatoms. The lowest BCUT2D eigenvalue weighted by Crippen LogP contribution is -1.96. The summed E-state index contributed by atoms with van der Waals surface area (Å²) in [5.74, 6) is 4.81. The normalized spacial score (nSPS) is 10.6. The largest absolute Gasteiger partial charge is 0.497 e. The molecule has 4 aromatic carbocycles. The topological polar surface area (TPSA) is 46.2 Å². The summed E-state index contributed by atoms with van der Waals surface area (Å²) in [5.41, 5.74) is 4.78. The third-order valence-corrected chi connectivity index (χ3v) is 6.28. The van der Waals surface area contributed by atoms with Crippen LogP contribution in [0.5, 0.6) is 34.5 Å². The summed E-state index contributed by atoms with van der Waals surface area (Å²) in [4.78, 5) is 0. The lowest BCUT2D eigenvalue weighted by atomic mass is 10.0. The molecule has 0 radical (unpaired) electrons. The summed E-state index contributed by atoms with van der Waals surface area (Å²) < 4.78 is 27.9. The SMILES string of the molecule is COc1ccc(CCc2cc(OC)cc(Oc3cccc(CCc4cc(OC)cc(OC)c4)c3)c2)cc1. The Hall–Kier alpha value is -4.12. The van der Waals surface area contributed by atoms with Crippen molar-refractivity contribution in [2.45, 2.75) is 25.7 Å². The van der Waals surface area contributed by atoms with Gasteiger partial charge < -0.3 is 23.7 Å². The minimum Gasteiger partial charge on any atom is -0.497 e. The van der Waals surface area contributed by atoms with E-state index in [2.05, 4.69) is 36.4 Å². The molecule has 0 heterocycles. The summed E-state index contributed by atoms with van der Waals surface area (Å²) in [6.07, 6.45) is 3.54. The van der Waals surface area contributed by atoms with Crippen molar-refractivity contribution < 1.29 is 23.7 Å². The lowest BCUT2D eigenvalue weighted by Gasteiger charge is -2.12. The number of benzene rings is 4. The Labute approximate surface area is 219 Å². The van der Waals surface area contributed by atoms with Crippen LogP contribution in [0.1, 0.15) is 22.3 Å². The van der Waals surface area contributed by atoms with Crippen LogP contribution in [-0.2, 0) is 25.7 Å². The second kappa shape index (κ2) is 12.7. The van der Waals surface area contributed by atoms with Gasteiger partial charge in [0.25, 0.3) is 0 Å². The molecule has 0 aliphatic heterocycles. The van der Waals surface area contributed by atoms with Crippen molar-refractivity contribution in [2.75, 3.05) is 28.4 Å². The van der Waals surface area contributed by atoms with Gasteiger partial charge in [0.05, 0.1) is 28.4 Å². The van der Waals surface area contributed by atoms with Crippen LogP contribution in [0.3, 0.4) is 0 Å². The molecule has 0 spiro atoms. The van der Waals surface area contributed by atoms with Gasteiger partial charge in [0, 0.05) is 12.1 Å². The second-order valence-corrected chi connectivity index (χ2v) is 8.84. The first-order valence-corrected chi connectivity index (χ1v) is 12.4. The Balaban J connectivity index is 1.43. The van der Waals surface area contributed by atoms with Crippen LogP contribution < -0.4 is 23.7 Å². The van der Waals surface area contributed by atoms with Gasteiger partial charge in [-0.1, -0.05) is 24.3 Å². The lowest BCUT2D eigenvalue weighted by molar-refractivity contribution is 0.393. The number of aryl methyl sites for hydroxylation is 4. The van der Waals surface area contributed by atoms with Crippen molar-refractivity contribution in [2.24, 2.45) is 0 Å². The molecule has 0 aliphatic rings. The van der Waals surface area contributed by atoms with Gasteiger partial charge >= 0.3 is 0 Å². The molecule has 0 saturated carbocycles. The van der Waals surface area contributed by atoms with Crippen molar-refractivity contribution >= 4 is 0 Å². The van der Waals surface area contributed by atoms with Gasteiger partial charge in [0.1, 0.15) is 34.5 Å². The summed E-state index contributed by atoms with van der Waals surface area (Å²) >= 11 is 0. The number of methoxy groups -OCH3 is 4. The van der Waals surface area contributed by atoms with Gasteiger partial charge in [-0.25, -0.2) is 0 Å². The molecule has 4 aromatic rings. The van der Waals surface area contributed by atoms with Crippen molar-refractivity contribution in [1.29, 1.82) is 0 Å². The predicted molar refractivity (Wildman–Crippen MR) is 147 cm³/mol. The molecule has 0 saturated heterocycles. The maximum Gasteiger partial charge on any atom is 0.131 e. The highest BCUT2D eigenvalue weighted by Gasteiger charge is 2.07. The second-order valence-electron chi connectivity index (χ2n) is 8.84. The van der Waals surface area contributed by atoms with E-state index in [4.69, 9.17) is 23.7 Å². The fourth-order valence-corrected chi connectivity index (χ4v) is 4.23. The summed E-state index contributed by atoms with van der Waals surface area (Å²) in [6, 6.07) is 28.5. The first-order chi connectivity index (χ1) is 18.1. The molecule has 4 rings (SSSR count). The van der Waals surface area contributed by atoms with E-state index in [1.165, 1.54) is 11.1 Å². The van der Waals surface area contributed by atoms with E-state index < -0.39 is 0 Å². The molecule has 37 heavy (non-hydrogen) atoms. The van der Waals surface area contributed by atoms with Gasteiger partial charge in [0.2, 0.25) is 0 Å². The van der Waals surface area contributed by atoms with Crippen molar-refractivity contribution in [1.82, 2.24) is 0 Å². The van der Waals surface area contributed by atoms with E-state index in [9.17, 15) is 0 Å². The van der Waals surface area contributed by atoms with E-state index in [1.54, 1.807) is 28.4 Å². The third kappa shape index (κ3) is 7.43. The highest BCUT2D eigenvalue weighted by atomic mass is 16.5. The highest BCUT2D eigenvalue weighted by Crippen LogP contribution is 2.29. The first kappa shape index (κ1) is 26.0. The van der Waals surface area contributed by atoms with Crippen LogP contribution in [0, 0.1) is 0 Å². The molecule has 0 unspecified atom stereocenters. The molecule has 0 aromatic heterocycles. The molecule has 0 atom stereocenters. The van der Waals surface area contributed by atoms with E-state index >= 15 is 0 Å². The minimum absolute atomic E-state index is 0.763. The average Bonchev–Trinajstić information content (AvgIpc) is 2.95. The smallest absolute Gasteiger partial charge is 0.131 e. The Morgan fingerprint density at radius 1 is 0.378 bits per heavy atom. The summed E-state index contributed by atoms with van der Waals surface area (Å²) in [5, 5.41) is 0. The van der Waals surface area contributed by atoms with Crippen molar-refractivity contribution in [3.63, 3.8) is 0 Å². The van der Waals surface area contributed by atoms with Crippen LogP contribution in [-0.4, -0.2) is 28.4 Å². The first-order valence-electron chi connectivity index (χ1n) is 12.4. The standard InChI is InChI=1S/C32H34O5/c1-33-27-14-12-23(13-15-27)8-10-26-19-31(36-4)22-32(20-26)37-28-7-5-6-24(16-28)9-11-25-17-29(34-2)21-30(18-25)35-3/h5-7,12-22H,8-11H2,1-4H3. The fourth-order valence-electron chi connectivity index (χ4n) is 4.23. The molecule has 5 nitrogen and oxygen atoms in total. The molecule has 0 fully saturated rings. The van der Waals surface area contributed by atoms with E-state index in [1.807, 2.05) is 48.5 Å². The summed E-state index contributed by atoms with van der Waals surface area (Å²) in [7, 11) is 6.70. The van der Waals surface area contributed by atoms with Crippen LogP contribution in [0.4, 0.5) is 0 Å². The molecular formula is C32H34O5. The summed E-state index contributed by atoms with van der Waals surface area (Å²) in [6.45, 7) is 0. The Bertz CT molecular complexity index is 1270. The van der Waals surface area contributed by atoms with E-state index in [-0.39, 0.29) is 0 Å². The molecule has 0 aliphatic carbocycles. The van der Waals surface area contributed by atoms with Gasteiger partial charge in [-0.05, 0) is 96.5 Å². The minimum atomic E-state index is 0.763. The zero-order chi connectivity index (χ0) is 26.0. The monoisotopic (exact) mass is 498 g/mol. The molecule has 192 valence electrons. The number of ether oxygens (including phenoxy) is 5. The zero-order valence-electron chi connectivity index (χ0n) is 22.0. The average molecular weight is 499 g/mol. The predicted octanol–water partition coefficient (Wildman–Crippen LogP) is 7.08. The number of hydrogen-bond acceptors (Lipinski definition) is 5. The quantitative estimate of drug-likeness (QED) is 0.209. The molecule has 0 bridgehead atoms. The maximum atomic E-state index is 6.27. The fraction of sp³-hybridized carbons (Fsp3) is 0.250. The van der Waals surface area contributed by atoms with Crippen LogP contribution in [0.15, 0.2) is 84.9 Å². The Kier molecular flexibility index (Phi) is 8.93. The Morgan fingerprint density at radius 2 is 0.838 bits per heavy atom. The molecular weight excluding hydrogens is 464 g/mol. The van der Waals surface area contributed by atoms with Gasteiger partial charge in [-0.15, -0.1) is 0 Å². The van der Waals surface area contributed by atoms with E-state index in [0.717, 1.165) is 71.3 Å². The van der Waals surface area contributed by atoms with Gasteiger partial charge in [0.15, 0.2) is 0 Å². The van der Waals surface area contributed by atoms with Crippen molar-refractivity contribution in [3.05, 3.63) is 107 Å². The van der Waals surface area contributed by atoms with Crippen LogP contribution >= 0.6 is 0 Å². The zero-order valence-corrected chi connectivity index (χ0v) is 22.0. The van der Waals surface area contributed by atoms with Crippen LogP contribution in [0.25, 0.3) is 0 Å². The van der Waals surface area contributed by atoms with Gasteiger partial charge in [-0.3, -0.25) is 0 Å². The molecule has 0 N–H and O–H groups in total. The third-order valence-electron chi connectivity index (χ3n) is 6.28. The maximum absolute atomic E-state index is 6.27. The number of rotatable bonds is 12. The number of hydrogen-bond donors (Lipinski definition) is 0. The van der Waals surface area contributed by atoms with E-state index in [0.29, 0.717) is 0 Å². The van der Waals surface area contributed by atoms with Gasteiger partial charge in [-0.2, -0.15) is 0 Å². The van der Waals surface area contributed by atoms with Crippen LogP contribution in [0.2, 0.25) is 0 Å². The van der Waals surface area contributed by atoms with Crippen molar-refractivity contribution in [3.8, 4) is 34.5 Å². The molecule has 0 amide bonds.